The van der Waals surface area contributed by atoms with Crippen molar-refractivity contribution in [3.05, 3.63) is 34.3 Å². The highest BCUT2D eigenvalue weighted by Gasteiger charge is 2.22. The van der Waals surface area contributed by atoms with Crippen molar-refractivity contribution < 1.29 is 4.79 Å². The summed E-state index contributed by atoms with van der Waals surface area (Å²) in [5, 5.41) is 0. The van der Waals surface area contributed by atoms with Crippen molar-refractivity contribution in [1.82, 2.24) is 4.90 Å². The van der Waals surface area contributed by atoms with Crippen LogP contribution < -0.4 is 0 Å². The van der Waals surface area contributed by atoms with E-state index in [1.165, 1.54) is 0 Å². The Morgan fingerprint density at radius 1 is 1.44 bits per heavy atom. The SMILES string of the molecule is O=C(c1cccc(Br)c1)N1CCCC(Br)C1. The van der Waals surface area contributed by atoms with Gasteiger partial charge in [0.1, 0.15) is 0 Å². The summed E-state index contributed by atoms with van der Waals surface area (Å²) in [5.41, 5.74) is 0.760. The molecule has 0 saturated carbocycles. The van der Waals surface area contributed by atoms with Gasteiger partial charge in [0, 0.05) is 28.0 Å². The van der Waals surface area contributed by atoms with Crippen molar-refractivity contribution in [3.63, 3.8) is 0 Å². The standard InChI is InChI=1S/C12H13Br2NO/c13-10-4-1-3-9(7-10)12(16)15-6-2-5-11(14)8-15/h1,3-4,7,11H,2,5-6,8H2. The van der Waals surface area contributed by atoms with Gasteiger partial charge in [-0.3, -0.25) is 4.79 Å². The van der Waals surface area contributed by atoms with E-state index in [0.29, 0.717) is 4.83 Å². The molecular weight excluding hydrogens is 334 g/mol. The number of alkyl halides is 1. The molecule has 4 heteroatoms. The van der Waals surface area contributed by atoms with Crippen LogP contribution in [0.5, 0.6) is 0 Å². The van der Waals surface area contributed by atoms with E-state index < -0.39 is 0 Å². The Hall–Kier alpha value is -0.350. The van der Waals surface area contributed by atoms with Crippen molar-refractivity contribution >= 4 is 37.8 Å². The Morgan fingerprint density at radius 3 is 2.94 bits per heavy atom. The molecule has 0 N–H and O–H groups in total. The normalized spacial score (nSPS) is 20.9. The number of benzene rings is 1. The van der Waals surface area contributed by atoms with Crippen LogP contribution in [0.1, 0.15) is 23.2 Å². The van der Waals surface area contributed by atoms with Gasteiger partial charge >= 0.3 is 0 Å². The van der Waals surface area contributed by atoms with Crippen molar-refractivity contribution in [2.45, 2.75) is 17.7 Å². The third kappa shape index (κ3) is 2.86. The smallest absolute Gasteiger partial charge is 0.253 e. The van der Waals surface area contributed by atoms with E-state index in [-0.39, 0.29) is 5.91 Å². The molecule has 1 aromatic rings. The summed E-state index contributed by atoms with van der Waals surface area (Å²) in [7, 11) is 0. The summed E-state index contributed by atoms with van der Waals surface area (Å²) in [6, 6.07) is 7.57. The lowest BCUT2D eigenvalue weighted by molar-refractivity contribution is 0.0730. The van der Waals surface area contributed by atoms with Crippen LogP contribution in [0.2, 0.25) is 0 Å². The average Bonchev–Trinajstić information content (AvgIpc) is 2.28. The minimum Gasteiger partial charge on any atom is -0.338 e. The zero-order chi connectivity index (χ0) is 11.5. The van der Waals surface area contributed by atoms with E-state index in [0.717, 1.165) is 36.0 Å². The summed E-state index contributed by atoms with van der Waals surface area (Å²) in [6.45, 7) is 1.68. The summed E-state index contributed by atoms with van der Waals surface area (Å²) in [5.74, 6) is 0.130. The molecule has 1 saturated heterocycles. The number of halogens is 2. The fourth-order valence-corrected chi connectivity index (χ4v) is 2.99. The summed E-state index contributed by atoms with van der Waals surface area (Å²) >= 11 is 6.97. The molecule has 1 amide bonds. The maximum atomic E-state index is 12.2. The lowest BCUT2D eigenvalue weighted by atomic mass is 10.1. The van der Waals surface area contributed by atoms with Crippen molar-refractivity contribution in [3.8, 4) is 0 Å². The number of likely N-dealkylation sites (tertiary alicyclic amines) is 1. The third-order valence-electron chi connectivity index (χ3n) is 2.72. The summed E-state index contributed by atoms with van der Waals surface area (Å²) in [6.07, 6.45) is 2.23. The lowest BCUT2D eigenvalue weighted by Crippen LogP contribution is -2.40. The second-order valence-electron chi connectivity index (χ2n) is 4.00. The number of nitrogens with zero attached hydrogens (tertiary/aromatic N) is 1. The fourth-order valence-electron chi connectivity index (χ4n) is 1.91. The van der Waals surface area contributed by atoms with E-state index in [9.17, 15) is 4.79 Å². The van der Waals surface area contributed by atoms with Crippen LogP contribution in [-0.2, 0) is 0 Å². The molecular formula is C12H13Br2NO. The van der Waals surface area contributed by atoms with Gasteiger partial charge < -0.3 is 4.90 Å². The Labute approximate surface area is 112 Å². The topological polar surface area (TPSA) is 20.3 Å². The molecule has 1 aliphatic rings. The molecule has 1 fully saturated rings. The van der Waals surface area contributed by atoms with E-state index in [2.05, 4.69) is 31.9 Å². The van der Waals surface area contributed by atoms with E-state index in [4.69, 9.17) is 0 Å². The molecule has 16 heavy (non-hydrogen) atoms. The van der Waals surface area contributed by atoms with Crippen molar-refractivity contribution in [1.29, 1.82) is 0 Å². The maximum absolute atomic E-state index is 12.2. The zero-order valence-corrected chi connectivity index (χ0v) is 12.0. The first-order valence-corrected chi connectivity index (χ1v) is 7.06. The predicted molar refractivity (Wildman–Crippen MR) is 72.0 cm³/mol. The number of piperidine rings is 1. The Morgan fingerprint density at radius 2 is 2.25 bits per heavy atom. The molecule has 0 bridgehead atoms. The Balaban J connectivity index is 2.12. The first-order valence-electron chi connectivity index (χ1n) is 5.36. The highest BCUT2D eigenvalue weighted by molar-refractivity contribution is 9.10. The van der Waals surface area contributed by atoms with Gasteiger partial charge in [0.25, 0.3) is 5.91 Å². The molecule has 0 spiro atoms. The number of hydrogen-bond donors (Lipinski definition) is 0. The van der Waals surface area contributed by atoms with Crippen LogP contribution in [0.15, 0.2) is 28.7 Å². The minimum absolute atomic E-state index is 0.130. The minimum atomic E-state index is 0.130. The number of amides is 1. The van der Waals surface area contributed by atoms with Gasteiger partial charge in [-0.25, -0.2) is 0 Å². The van der Waals surface area contributed by atoms with Crippen LogP contribution in [0.4, 0.5) is 0 Å². The maximum Gasteiger partial charge on any atom is 0.253 e. The van der Waals surface area contributed by atoms with Gasteiger partial charge in [-0.05, 0) is 31.0 Å². The summed E-state index contributed by atoms with van der Waals surface area (Å²) in [4.78, 5) is 14.5. The van der Waals surface area contributed by atoms with Crippen LogP contribution in [0.3, 0.4) is 0 Å². The zero-order valence-electron chi connectivity index (χ0n) is 8.83. The van der Waals surface area contributed by atoms with E-state index >= 15 is 0 Å². The third-order valence-corrected chi connectivity index (χ3v) is 3.96. The quantitative estimate of drug-likeness (QED) is 0.713. The van der Waals surface area contributed by atoms with Gasteiger partial charge in [-0.1, -0.05) is 37.9 Å². The molecule has 0 aromatic heterocycles. The van der Waals surface area contributed by atoms with E-state index in [1.807, 2.05) is 29.2 Å². The number of hydrogen-bond acceptors (Lipinski definition) is 1. The number of carbonyl (C=O) groups is 1. The van der Waals surface area contributed by atoms with E-state index in [1.54, 1.807) is 0 Å². The lowest BCUT2D eigenvalue weighted by Gasteiger charge is -2.30. The molecule has 1 heterocycles. The van der Waals surface area contributed by atoms with Crippen molar-refractivity contribution in [2.75, 3.05) is 13.1 Å². The monoisotopic (exact) mass is 345 g/mol. The molecule has 1 aliphatic heterocycles. The van der Waals surface area contributed by atoms with Crippen LogP contribution >= 0.6 is 31.9 Å². The molecule has 1 atom stereocenters. The number of rotatable bonds is 1. The molecule has 2 nitrogen and oxygen atoms in total. The summed E-state index contributed by atoms with van der Waals surface area (Å²) < 4.78 is 0.950. The first kappa shape index (κ1) is 12.1. The molecule has 1 aromatic carbocycles. The van der Waals surface area contributed by atoms with Gasteiger partial charge in [0.05, 0.1) is 0 Å². The van der Waals surface area contributed by atoms with Gasteiger partial charge in [-0.15, -0.1) is 0 Å². The van der Waals surface area contributed by atoms with Crippen LogP contribution in [-0.4, -0.2) is 28.7 Å². The van der Waals surface area contributed by atoms with Gasteiger partial charge in [-0.2, -0.15) is 0 Å². The molecule has 2 rings (SSSR count). The highest BCUT2D eigenvalue weighted by atomic mass is 79.9. The molecule has 1 unspecified atom stereocenters. The van der Waals surface area contributed by atoms with Crippen LogP contribution in [0, 0.1) is 0 Å². The molecule has 86 valence electrons. The van der Waals surface area contributed by atoms with Crippen molar-refractivity contribution in [2.24, 2.45) is 0 Å². The predicted octanol–water partition coefficient (Wildman–Crippen LogP) is 3.45. The van der Waals surface area contributed by atoms with Gasteiger partial charge in [0.15, 0.2) is 0 Å². The molecule has 0 aliphatic carbocycles. The Kier molecular flexibility index (Phi) is 4.03. The molecule has 0 radical (unpaired) electrons. The second-order valence-corrected chi connectivity index (χ2v) is 6.21. The first-order chi connectivity index (χ1) is 7.66. The average molecular weight is 347 g/mol. The Bertz CT molecular complexity index is 394. The van der Waals surface area contributed by atoms with Crippen LogP contribution in [0.25, 0.3) is 0 Å². The largest absolute Gasteiger partial charge is 0.338 e. The van der Waals surface area contributed by atoms with Gasteiger partial charge in [0.2, 0.25) is 0 Å². The second kappa shape index (κ2) is 5.32. The fraction of sp³-hybridized carbons (Fsp3) is 0.417. The number of carbonyl (C=O) groups excluding carboxylic acids is 1. The highest BCUT2D eigenvalue weighted by Crippen LogP contribution is 2.20.